The molecule has 0 radical (unpaired) electrons. The van der Waals surface area contributed by atoms with Crippen molar-refractivity contribution in [2.75, 3.05) is 7.05 Å². The summed E-state index contributed by atoms with van der Waals surface area (Å²) in [6.45, 7) is 0. The van der Waals surface area contributed by atoms with Crippen LogP contribution < -0.4 is 5.32 Å². The summed E-state index contributed by atoms with van der Waals surface area (Å²) in [7, 11) is 1.80. The second kappa shape index (κ2) is 4.47. The quantitative estimate of drug-likeness (QED) is 0.789. The number of nitrogens with zero attached hydrogens (tertiary/aromatic N) is 2. The first-order valence-electron chi connectivity index (χ1n) is 5.42. The van der Waals surface area contributed by atoms with Gasteiger partial charge in [0.2, 0.25) is 0 Å². The van der Waals surface area contributed by atoms with E-state index in [4.69, 9.17) is 4.42 Å². The lowest BCUT2D eigenvalue weighted by atomic mass is 10.1. The van der Waals surface area contributed by atoms with Gasteiger partial charge in [-0.25, -0.2) is 4.39 Å². The number of halogens is 1. The Kier molecular flexibility index (Phi) is 2.81. The maximum atomic E-state index is 13.6. The van der Waals surface area contributed by atoms with Crippen LogP contribution in [0.25, 0.3) is 11.0 Å². The minimum Gasteiger partial charge on any atom is -0.456 e. The van der Waals surface area contributed by atoms with Crippen LogP contribution in [0.3, 0.4) is 0 Å². The molecule has 2 aromatic heterocycles. The average Bonchev–Trinajstić information content (AvgIpc) is 3.00. The fourth-order valence-electron chi connectivity index (χ4n) is 1.92. The molecule has 0 saturated heterocycles. The van der Waals surface area contributed by atoms with E-state index in [9.17, 15) is 4.39 Å². The van der Waals surface area contributed by atoms with E-state index in [0.29, 0.717) is 5.76 Å². The number of hydrogen-bond donors (Lipinski definition) is 1. The van der Waals surface area contributed by atoms with Crippen molar-refractivity contribution in [3.05, 3.63) is 47.7 Å². The molecular formula is C12H10FN3OS. The highest BCUT2D eigenvalue weighted by Gasteiger charge is 2.20. The molecule has 18 heavy (non-hydrogen) atoms. The van der Waals surface area contributed by atoms with Gasteiger partial charge in [0.25, 0.3) is 0 Å². The van der Waals surface area contributed by atoms with E-state index in [1.807, 2.05) is 12.1 Å². The third-order valence-electron chi connectivity index (χ3n) is 2.76. The van der Waals surface area contributed by atoms with Gasteiger partial charge in [0.1, 0.15) is 11.8 Å². The number of rotatable bonds is 3. The van der Waals surface area contributed by atoms with Crippen molar-refractivity contribution in [1.82, 2.24) is 14.1 Å². The van der Waals surface area contributed by atoms with Gasteiger partial charge in [-0.15, -0.1) is 0 Å². The maximum absolute atomic E-state index is 13.6. The smallest absolute Gasteiger partial charge is 0.169 e. The highest BCUT2D eigenvalue weighted by Crippen LogP contribution is 2.28. The van der Waals surface area contributed by atoms with E-state index in [2.05, 4.69) is 14.1 Å². The number of furan rings is 1. The van der Waals surface area contributed by atoms with E-state index < -0.39 is 0 Å². The highest BCUT2D eigenvalue weighted by molar-refractivity contribution is 6.99. The molecule has 92 valence electrons. The van der Waals surface area contributed by atoms with E-state index in [1.54, 1.807) is 19.3 Å². The second-order valence-electron chi connectivity index (χ2n) is 3.86. The van der Waals surface area contributed by atoms with Gasteiger partial charge in [0.05, 0.1) is 23.6 Å². The molecule has 0 fully saturated rings. The van der Waals surface area contributed by atoms with Gasteiger partial charge >= 0.3 is 0 Å². The predicted octanol–water partition coefficient (Wildman–Crippen LogP) is 2.73. The summed E-state index contributed by atoms with van der Waals surface area (Å²) < 4.78 is 27.3. The predicted molar refractivity (Wildman–Crippen MR) is 67.0 cm³/mol. The summed E-state index contributed by atoms with van der Waals surface area (Å²) in [6, 6.07) is 6.47. The number of aromatic nitrogens is 2. The van der Waals surface area contributed by atoms with E-state index in [0.717, 1.165) is 22.8 Å². The third kappa shape index (κ3) is 1.79. The van der Waals surface area contributed by atoms with Crippen LogP contribution in [-0.2, 0) is 0 Å². The normalized spacial score (nSPS) is 13.0. The molecule has 0 spiro atoms. The number of nitrogens with one attached hydrogen (secondary N) is 1. The van der Waals surface area contributed by atoms with Crippen LogP contribution in [0.5, 0.6) is 0 Å². The zero-order chi connectivity index (χ0) is 12.5. The van der Waals surface area contributed by atoms with Crippen LogP contribution in [0, 0.1) is 5.82 Å². The van der Waals surface area contributed by atoms with Gasteiger partial charge in [-0.3, -0.25) is 0 Å². The minimum atomic E-state index is -0.356. The lowest BCUT2D eigenvalue weighted by molar-refractivity contribution is 0.473. The summed E-state index contributed by atoms with van der Waals surface area (Å²) >= 11 is 1.13. The highest BCUT2D eigenvalue weighted by atomic mass is 32.1. The molecule has 0 bridgehead atoms. The molecule has 2 heterocycles. The fraction of sp³-hybridized carbons (Fsp3) is 0.167. The van der Waals surface area contributed by atoms with Crippen LogP contribution in [-0.4, -0.2) is 15.8 Å². The number of benzene rings is 1. The number of para-hydroxylation sites is 1. The molecule has 1 aromatic carbocycles. The molecule has 3 aromatic rings. The summed E-state index contributed by atoms with van der Waals surface area (Å²) in [4.78, 5) is 0. The van der Waals surface area contributed by atoms with Gasteiger partial charge in [0.15, 0.2) is 11.4 Å². The Morgan fingerprint density at radius 2 is 2.33 bits per heavy atom. The molecule has 1 atom stereocenters. The maximum Gasteiger partial charge on any atom is 0.169 e. The van der Waals surface area contributed by atoms with Crippen LogP contribution in [0.2, 0.25) is 0 Å². The molecule has 0 aliphatic rings. The standard InChI is InChI=1S/C12H10FN3OS/c1-14-11(9-6-15-18-16-9)10-5-7-3-2-4-8(13)12(7)17-10/h2-6,11,14H,1H3. The van der Waals surface area contributed by atoms with Crippen LogP contribution >= 0.6 is 11.7 Å². The molecule has 6 heteroatoms. The molecule has 1 N–H and O–H groups in total. The molecule has 0 aliphatic carbocycles. The number of hydrogen-bond acceptors (Lipinski definition) is 5. The van der Waals surface area contributed by atoms with E-state index in [1.165, 1.54) is 6.07 Å². The Balaban J connectivity index is 2.11. The molecule has 0 amide bonds. The third-order valence-corrected chi connectivity index (χ3v) is 3.25. The first-order valence-corrected chi connectivity index (χ1v) is 6.15. The first kappa shape index (κ1) is 11.3. The van der Waals surface area contributed by atoms with Gasteiger partial charge in [-0.1, -0.05) is 12.1 Å². The van der Waals surface area contributed by atoms with Crippen LogP contribution in [0.4, 0.5) is 4.39 Å². The fourth-order valence-corrected chi connectivity index (χ4v) is 2.37. The monoisotopic (exact) mass is 263 g/mol. The second-order valence-corrected chi connectivity index (χ2v) is 4.42. The Labute approximate surface area is 107 Å². The lowest BCUT2D eigenvalue weighted by Gasteiger charge is -2.09. The summed E-state index contributed by atoms with van der Waals surface area (Å²) in [5, 5.41) is 3.83. The van der Waals surface area contributed by atoms with E-state index >= 15 is 0 Å². The topological polar surface area (TPSA) is 51.0 Å². The van der Waals surface area contributed by atoms with Crippen molar-refractivity contribution in [3.8, 4) is 0 Å². The zero-order valence-electron chi connectivity index (χ0n) is 9.55. The Morgan fingerprint density at radius 3 is 3.00 bits per heavy atom. The minimum absolute atomic E-state index is 0.212. The summed E-state index contributed by atoms with van der Waals surface area (Å²) in [5.74, 6) is 0.273. The van der Waals surface area contributed by atoms with Crippen molar-refractivity contribution in [1.29, 1.82) is 0 Å². The van der Waals surface area contributed by atoms with Crippen LogP contribution in [0.1, 0.15) is 17.5 Å². The van der Waals surface area contributed by atoms with Crippen molar-refractivity contribution in [2.24, 2.45) is 0 Å². The van der Waals surface area contributed by atoms with Crippen molar-refractivity contribution in [2.45, 2.75) is 6.04 Å². The summed E-state index contributed by atoms with van der Waals surface area (Å²) in [6.07, 6.45) is 1.68. The molecule has 0 aliphatic heterocycles. The summed E-state index contributed by atoms with van der Waals surface area (Å²) in [5.41, 5.74) is 1.04. The SMILES string of the molecule is CNC(c1cnsn1)c1cc2cccc(F)c2o1. The Hall–Kier alpha value is -1.79. The van der Waals surface area contributed by atoms with Gasteiger partial charge in [0, 0.05) is 5.39 Å². The first-order chi connectivity index (χ1) is 8.79. The van der Waals surface area contributed by atoms with Gasteiger partial charge < -0.3 is 9.73 Å². The molecule has 0 saturated carbocycles. The molecule has 1 unspecified atom stereocenters. The van der Waals surface area contributed by atoms with Gasteiger partial charge in [-0.05, 0) is 19.2 Å². The number of fused-ring (bicyclic) bond motifs is 1. The van der Waals surface area contributed by atoms with Crippen LogP contribution in [0.15, 0.2) is 34.9 Å². The lowest BCUT2D eigenvalue weighted by Crippen LogP contribution is -2.17. The van der Waals surface area contributed by atoms with Crippen molar-refractivity contribution in [3.63, 3.8) is 0 Å². The van der Waals surface area contributed by atoms with E-state index in [-0.39, 0.29) is 17.4 Å². The molecule has 3 rings (SSSR count). The van der Waals surface area contributed by atoms with Gasteiger partial charge in [-0.2, -0.15) is 8.75 Å². The zero-order valence-corrected chi connectivity index (χ0v) is 10.4. The van der Waals surface area contributed by atoms with Crippen molar-refractivity contribution >= 4 is 22.7 Å². The Morgan fingerprint density at radius 1 is 1.44 bits per heavy atom. The molecular weight excluding hydrogens is 253 g/mol. The Bertz CT molecular complexity index is 665. The molecule has 4 nitrogen and oxygen atoms in total. The van der Waals surface area contributed by atoms with Crippen molar-refractivity contribution < 1.29 is 8.81 Å². The average molecular weight is 263 g/mol. The largest absolute Gasteiger partial charge is 0.456 e.